The van der Waals surface area contributed by atoms with Crippen molar-refractivity contribution in [2.45, 2.75) is 32.0 Å². The van der Waals surface area contributed by atoms with Crippen LogP contribution in [0.2, 0.25) is 0 Å². The van der Waals surface area contributed by atoms with E-state index >= 15 is 0 Å². The minimum Gasteiger partial charge on any atom is -0.489 e. The third-order valence-electron chi connectivity index (χ3n) is 4.70. The van der Waals surface area contributed by atoms with Gasteiger partial charge in [0, 0.05) is 30.5 Å². The van der Waals surface area contributed by atoms with Crippen LogP contribution in [0.25, 0.3) is 0 Å². The molecule has 0 unspecified atom stereocenters. The summed E-state index contributed by atoms with van der Waals surface area (Å²) in [5, 5.41) is 0. The first kappa shape index (κ1) is 17.3. The molecule has 3 aromatic rings. The molecule has 1 amide bonds. The number of nitrogens with zero attached hydrogens (tertiary/aromatic N) is 2. The smallest absolute Gasteiger partial charge is 0.254 e. The Hall–Kier alpha value is -3.14. The van der Waals surface area contributed by atoms with Crippen LogP contribution in [0, 0.1) is 0 Å². The Morgan fingerprint density at radius 2 is 1.63 bits per heavy atom. The number of amides is 1. The number of benzene rings is 2. The van der Waals surface area contributed by atoms with E-state index in [4.69, 9.17) is 4.74 Å². The zero-order chi connectivity index (χ0) is 18.5. The van der Waals surface area contributed by atoms with Crippen molar-refractivity contribution in [3.8, 4) is 5.75 Å². The predicted octanol–water partition coefficient (Wildman–Crippen LogP) is 4.47. The summed E-state index contributed by atoms with van der Waals surface area (Å²) in [6, 6.07) is 21.7. The van der Waals surface area contributed by atoms with Crippen molar-refractivity contribution in [2.75, 3.05) is 0 Å². The summed E-state index contributed by atoms with van der Waals surface area (Å²) < 4.78 is 5.77. The van der Waals surface area contributed by atoms with Gasteiger partial charge in [-0.15, -0.1) is 0 Å². The second kappa shape index (κ2) is 8.04. The van der Waals surface area contributed by atoms with Gasteiger partial charge in [0.05, 0.1) is 0 Å². The number of carbonyl (C=O) groups is 1. The fraction of sp³-hybridized carbons (Fsp3) is 0.217. The molecule has 1 saturated carbocycles. The molecule has 0 aliphatic heterocycles. The summed E-state index contributed by atoms with van der Waals surface area (Å²) in [7, 11) is 0. The fourth-order valence-corrected chi connectivity index (χ4v) is 3.03. The van der Waals surface area contributed by atoms with Crippen molar-refractivity contribution in [3.05, 3.63) is 95.8 Å². The Balaban J connectivity index is 1.41. The van der Waals surface area contributed by atoms with Crippen molar-refractivity contribution < 1.29 is 9.53 Å². The first-order valence-corrected chi connectivity index (χ1v) is 9.26. The zero-order valence-corrected chi connectivity index (χ0v) is 15.1. The maximum atomic E-state index is 13.0. The van der Waals surface area contributed by atoms with E-state index in [0.29, 0.717) is 19.2 Å². The topological polar surface area (TPSA) is 42.4 Å². The average Bonchev–Trinajstić information content (AvgIpc) is 3.57. The van der Waals surface area contributed by atoms with Crippen molar-refractivity contribution in [2.24, 2.45) is 0 Å². The number of aromatic nitrogens is 1. The van der Waals surface area contributed by atoms with Gasteiger partial charge in [-0.05, 0) is 60.4 Å². The first-order chi connectivity index (χ1) is 13.3. The molecule has 0 radical (unpaired) electrons. The maximum absolute atomic E-state index is 13.0. The SMILES string of the molecule is O=C(c1ccc(COc2ccccc2)cc1)N(Cc1ccncc1)C1CC1. The van der Waals surface area contributed by atoms with Crippen molar-refractivity contribution in [3.63, 3.8) is 0 Å². The third kappa shape index (κ3) is 4.53. The number of hydrogen-bond acceptors (Lipinski definition) is 3. The number of pyridine rings is 1. The van der Waals surface area contributed by atoms with E-state index in [1.54, 1.807) is 12.4 Å². The molecule has 136 valence electrons. The Morgan fingerprint density at radius 3 is 2.30 bits per heavy atom. The second-order valence-corrected chi connectivity index (χ2v) is 6.82. The molecular weight excluding hydrogens is 336 g/mol. The van der Waals surface area contributed by atoms with Crippen molar-refractivity contribution in [1.82, 2.24) is 9.88 Å². The number of carbonyl (C=O) groups excluding carboxylic acids is 1. The van der Waals surface area contributed by atoms with E-state index in [2.05, 4.69) is 4.98 Å². The molecule has 1 aromatic heterocycles. The van der Waals surface area contributed by atoms with E-state index < -0.39 is 0 Å². The highest BCUT2D eigenvalue weighted by atomic mass is 16.5. The Kier molecular flexibility index (Phi) is 5.15. The molecule has 4 rings (SSSR count). The van der Waals surface area contributed by atoms with E-state index in [1.165, 1.54) is 0 Å². The number of ether oxygens (including phenoxy) is 1. The average molecular weight is 358 g/mol. The lowest BCUT2D eigenvalue weighted by molar-refractivity contribution is 0.0730. The van der Waals surface area contributed by atoms with Gasteiger partial charge in [-0.1, -0.05) is 30.3 Å². The molecule has 0 N–H and O–H groups in total. The molecule has 0 bridgehead atoms. The van der Waals surface area contributed by atoms with Crippen LogP contribution in [0.1, 0.15) is 34.3 Å². The lowest BCUT2D eigenvalue weighted by atomic mass is 10.1. The van der Waals surface area contributed by atoms with Crippen LogP contribution in [0.3, 0.4) is 0 Å². The highest BCUT2D eigenvalue weighted by molar-refractivity contribution is 5.94. The minimum atomic E-state index is 0.0878. The van der Waals surface area contributed by atoms with Crippen LogP contribution in [0.4, 0.5) is 0 Å². The van der Waals surface area contributed by atoms with Gasteiger partial charge in [-0.3, -0.25) is 9.78 Å². The molecule has 2 aromatic carbocycles. The summed E-state index contributed by atoms with van der Waals surface area (Å²) >= 11 is 0. The molecule has 4 heteroatoms. The molecule has 1 heterocycles. The summed E-state index contributed by atoms with van der Waals surface area (Å²) in [6.07, 6.45) is 5.71. The standard InChI is InChI=1S/C23H22N2O2/c26-23(25(21-10-11-21)16-18-12-14-24-15-13-18)20-8-6-19(7-9-20)17-27-22-4-2-1-3-5-22/h1-9,12-15,21H,10-11,16-17H2. The van der Waals surface area contributed by atoms with Gasteiger partial charge >= 0.3 is 0 Å². The van der Waals surface area contributed by atoms with Crippen LogP contribution in [-0.4, -0.2) is 21.8 Å². The van der Waals surface area contributed by atoms with Crippen molar-refractivity contribution >= 4 is 5.91 Å². The van der Waals surface area contributed by atoms with Gasteiger partial charge in [-0.2, -0.15) is 0 Å². The summed E-state index contributed by atoms with van der Waals surface area (Å²) in [5.74, 6) is 0.930. The number of hydrogen-bond donors (Lipinski definition) is 0. The van der Waals surface area contributed by atoms with Gasteiger partial charge in [-0.25, -0.2) is 0 Å². The minimum absolute atomic E-state index is 0.0878. The highest BCUT2D eigenvalue weighted by Crippen LogP contribution is 2.30. The van der Waals surface area contributed by atoms with Crippen molar-refractivity contribution in [1.29, 1.82) is 0 Å². The second-order valence-electron chi connectivity index (χ2n) is 6.82. The zero-order valence-electron chi connectivity index (χ0n) is 15.1. The Bertz CT molecular complexity index is 875. The first-order valence-electron chi connectivity index (χ1n) is 9.26. The molecular formula is C23H22N2O2. The van der Waals surface area contributed by atoms with E-state index in [1.807, 2.05) is 71.6 Å². The van der Waals surface area contributed by atoms with Gasteiger partial charge in [0.25, 0.3) is 5.91 Å². The van der Waals surface area contributed by atoms with E-state index in [0.717, 1.165) is 35.3 Å². The molecule has 0 atom stereocenters. The van der Waals surface area contributed by atoms with Crippen LogP contribution in [0.5, 0.6) is 5.75 Å². The van der Waals surface area contributed by atoms with Gasteiger partial charge in [0.15, 0.2) is 0 Å². The lowest BCUT2D eigenvalue weighted by Crippen LogP contribution is -2.32. The molecule has 1 fully saturated rings. The predicted molar refractivity (Wildman–Crippen MR) is 104 cm³/mol. The lowest BCUT2D eigenvalue weighted by Gasteiger charge is -2.22. The maximum Gasteiger partial charge on any atom is 0.254 e. The van der Waals surface area contributed by atoms with E-state index in [9.17, 15) is 4.79 Å². The molecule has 0 spiro atoms. The summed E-state index contributed by atoms with van der Waals surface area (Å²) in [4.78, 5) is 19.0. The molecule has 1 aliphatic carbocycles. The molecule has 1 aliphatic rings. The third-order valence-corrected chi connectivity index (χ3v) is 4.70. The van der Waals surface area contributed by atoms with Crippen LogP contribution >= 0.6 is 0 Å². The van der Waals surface area contributed by atoms with Crippen LogP contribution < -0.4 is 4.74 Å². The normalized spacial score (nSPS) is 13.2. The summed E-state index contributed by atoms with van der Waals surface area (Å²) in [5.41, 5.74) is 2.88. The van der Waals surface area contributed by atoms with Crippen LogP contribution in [-0.2, 0) is 13.2 Å². The quantitative estimate of drug-likeness (QED) is 0.626. The van der Waals surface area contributed by atoms with Gasteiger partial charge in [0.1, 0.15) is 12.4 Å². The summed E-state index contributed by atoms with van der Waals surface area (Å²) in [6.45, 7) is 1.12. The fourth-order valence-electron chi connectivity index (χ4n) is 3.03. The Labute approximate surface area is 159 Å². The molecule has 4 nitrogen and oxygen atoms in total. The molecule has 0 saturated heterocycles. The van der Waals surface area contributed by atoms with Gasteiger partial charge in [0.2, 0.25) is 0 Å². The molecule has 27 heavy (non-hydrogen) atoms. The van der Waals surface area contributed by atoms with E-state index in [-0.39, 0.29) is 5.91 Å². The highest BCUT2D eigenvalue weighted by Gasteiger charge is 2.33. The number of para-hydroxylation sites is 1. The van der Waals surface area contributed by atoms with Crippen LogP contribution in [0.15, 0.2) is 79.1 Å². The number of rotatable bonds is 7. The largest absolute Gasteiger partial charge is 0.489 e. The Morgan fingerprint density at radius 1 is 0.926 bits per heavy atom. The van der Waals surface area contributed by atoms with Gasteiger partial charge < -0.3 is 9.64 Å². The monoisotopic (exact) mass is 358 g/mol.